The monoisotopic (exact) mass is 296 g/mol. The van der Waals surface area contributed by atoms with Gasteiger partial charge < -0.3 is 4.43 Å². The van der Waals surface area contributed by atoms with Crippen molar-refractivity contribution >= 4 is 8.32 Å². The minimum Gasteiger partial charge on any atom is -0.416 e. The summed E-state index contributed by atoms with van der Waals surface area (Å²) in [7, 11) is -1.60. The SMILES string of the molecule is CCO[Si](C(C)CC)(C1CCCCC1)C1CCCCC1. The van der Waals surface area contributed by atoms with Crippen LogP contribution in [0.1, 0.15) is 91.4 Å². The second kappa shape index (κ2) is 7.98. The van der Waals surface area contributed by atoms with Crippen molar-refractivity contribution in [2.75, 3.05) is 6.61 Å². The summed E-state index contributed by atoms with van der Waals surface area (Å²) in [4.78, 5) is 0. The molecule has 0 saturated heterocycles. The molecule has 1 atom stereocenters. The molecule has 2 saturated carbocycles. The van der Waals surface area contributed by atoms with E-state index in [2.05, 4.69) is 20.8 Å². The van der Waals surface area contributed by atoms with E-state index in [9.17, 15) is 0 Å². The van der Waals surface area contributed by atoms with Crippen molar-refractivity contribution < 1.29 is 4.43 Å². The lowest BCUT2D eigenvalue weighted by Crippen LogP contribution is -2.52. The molecule has 0 aromatic heterocycles. The van der Waals surface area contributed by atoms with E-state index >= 15 is 0 Å². The van der Waals surface area contributed by atoms with E-state index in [-0.39, 0.29) is 0 Å². The van der Waals surface area contributed by atoms with Crippen LogP contribution in [-0.4, -0.2) is 14.9 Å². The highest BCUT2D eigenvalue weighted by Crippen LogP contribution is 2.54. The third-order valence-electron chi connectivity index (χ3n) is 6.26. The lowest BCUT2D eigenvalue weighted by molar-refractivity contribution is 0.261. The second-order valence-corrected chi connectivity index (χ2v) is 11.9. The average Bonchev–Trinajstić information content (AvgIpc) is 2.53. The van der Waals surface area contributed by atoms with E-state index in [0.29, 0.717) is 0 Å². The third kappa shape index (κ3) is 3.32. The first-order chi connectivity index (χ1) is 9.75. The Morgan fingerprint density at radius 3 is 1.65 bits per heavy atom. The van der Waals surface area contributed by atoms with Gasteiger partial charge in [0.05, 0.1) is 0 Å². The first-order valence-corrected chi connectivity index (χ1v) is 11.5. The molecular weight excluding hydrogens is 260 g/mol. The summed E-state index contributed by atoms with van der Waals surface area (Å²) in [6.07, 6.45) is 16.1. The molecule has 2 aliphatic carbocycles. The summed E-state index contributed by atoms with van der Waals surface area (Å²) >= 11 is 0. The van der Waals surface area contributed by atoms with Gasteiger partial charge in [0.25, 0.3) is 0 Å². The van der Waals surface area contributed by atoms with Crippen LogP contribution in [0.2, 0.25) is 16.6 Å². The van der Waals surface area contributed by atoms with Gasteiger partial charge in [0.15, 0.2) is 0 Å². The van der Waals surface area contributed by atoms with Crippen molar-refractivity contribution in [2.24, 2.45) is 0 Å². The Morgan fingerprint density at radius 2 is 1.30 bits per heavy atom. The van der Waals surface area contributed by atoms with Gasteiger partial charge in [0.2, 0.25) is 8.32 Å². The fourth-order valence-corrected chi connectivity index (χ4v) is 12.0. The third-order valence-corrected chi connectivity index (χ3v) is 12.7. The van der Waals surface area contributed by atoms with Crippen LogP contribution >= 0.6 is 0 Å². The Hall–Kier alpha value is 0.177. The van der Waals surface area contributed by atoms with E-state index in [1.165, 1.54) is 70.6 Å². The zero-order valence-corrected chi connectivity index (χ0v) is 15.1. The van der Waals surface area contributed by atoms with E-state index in [0.717, 1.165) is 23.2 Å². The maximum Gasteiger partial charge on any atom is 0.201 e. The summed E-state index contributed by atoms with van der Waals surface area (Å²) in [5.41, 5.74) is 2.79. The first kappa shape index (κ1) is 16.5. The zero-order valence-electron chi connectivity index (χ0n) is 14.1. The predicted octanol–water partition coefficient (Wildman–Crippen LogP) is 6.44. The van der Waals surface area contributed by atoms with Crippen molar-refractivity contribution in [3.63, 3.8) is 0 Å². The highest BCUT2D eigenvalue weighted by atomic mass is 28.4. The summed E-state index contributed by atoms with van der Waals surface area (Å²) in [6, 6.07) is 0. The molecule has 0 amide bonds. The molecule has 1 nitrogen and oxygen atoms in total. The van der Waals surface area contributed by atoms with Crippen molar-refractivity contribution in [3.8, 4) is 0 Å². The molecule has 20 heavy (non-hydrogen) atoms. The molecule has 0 spiro atoms. The Morgan fingerprint density at radius 1 is 0.850 bits per heavy atom. The van der Waals surface area contributed by atoms with Gasteiger partial charge in [-0.3, -0.25) is 0 Å². The van der Waals surface area contributed by atoms with Crippen LogP contribution < -0.4 is 0 Å². The van der Waals surface area contributed by atoms with Gasteiger partial charge in [-0.05, 0) is 23.5 Å². The van der Waals surface area contributed by atoms with E-state index < -0.39 is 8.32 Å². The molecule has 0 aromatic carbocycles. The molecule has 2 fully saturated rings. The standard InChI is InChI=1S/C18H36OSi/c1-4-16(3)20(19-5-2,17-12-8-6-9-13-17)18-14-10-7-11-15-18/h16-18H,4-15H2,1-3H3. The van der Waals surface area contributed by atoms with Gasteiger partial charge in [0, 0.05) is 6.61 Å². The lowest BCUT2D eigenvalue weighted by atomic mass is 9.99. The summed E-state index contributed by atoms with van der Waals surface area (Å²) in [5, 5.41) is 0. The minimum absolute atomic E-state index is 0.855. The highest BCUT2D eigenvalue weighted by molar-refractivity contribution is 6.78. The maximum atomic E-state index is 6.80. The molecular formula is C18H36OSi. The van der Waals surface area contributed by atoms with Gasteiger partial charge in [-0.2, -0.15) is 0 Å². The molecule has 0 radical (unpaired) electrons. The van der Waals surface area contributed by atoms with Crippen LogP contribution in [-0.2, 0) is 4.43 Å². The lowest BCUT2D eigenvalue weighted by Gasteiger charge is -2.50. The maximum absolute atomic E-state index is 6.80. The number of rotatable bonds is 6. The van der Waals surface area contributed by atoms with Gasteiger partial charge in [-0.1, -0.05) is 84.5 Å². The van der Waals surface area contributed by atoms with Gasteiger partial charge in [-0.25, -0.2) is 0 Å². The molecule has 0 aromatic rings. The van der Waals surface area contributed by atoms with Gasteiger partial charge >= 0.3 is 0 Å². The average molecular weight is 297 g/mol. The highest BCUT2D eigenvalue weighted by Gasteiger charge is 2.52. The fourth-order valence-electron chi connectivity index (χ4n) is 5.19. The van der Waals surface area contributed by atoms with E-state index in [4.69, 9.17) is 4.43 Å². The smallest absolute Gasteiger partial charge is 0.201 e. The molecule has 0 heterocycles. The molecule has 118 valence electrons. The molecule has 0 N–H and O–H groups in total. The largest absolute Gasteiger partial charge is 0.416 e. The fraction of sp³-hybridized carbons (Fsp3) is 1.00. The second-order valence-electron chi connectivity index (χ2n) is 7.27. The molecule has 0 bridgehead atoms. The normalized spacial score (nSPS) is 24.8. The van der Waals surface area contributed by atoms with Crippen LogP contribution in [0, 0.1) is 0 Å². The minimum atomic E-state index is -1.60. The predicted molar refractivity (Wildman–Crippen MR) is 90.8 cm³/mol. The Balaban J connectivity index is 2.26. The molecule has 0 aliphatic heterocycles. The molecule has 2 rings (SSSR count). The van der Waals surface area contributed by atoms with Crippen molar-refractivity contribution in [2.45, 2.75) is 108 Å². The summed E-state index contributed by atoms with van der Waals surface area (Å²) in [6.45, 7) is 8.14. The van der Waals surface area contributed by atoms with Crippen LogP contribution in [0.3, 0.4) is 0 Å². The zero-order chi connectivity index (χ0) is 14.4. The van der Waals surface area contributed by atoms with Crippen molar-refractivity contribution in [3.05, 3.63) is 0 Å². The Bertz CT molecular complexity index is 249. The van der Waals surface area contributed by atoms with Crippen molar-refractivity contribution in [1.29, 1.82) is 0 Å². The molecule has 2 heteroatoms. The van der Waals surface area contributed by atoms with Crippen LogP contribution in [0.25, 0.3) is 0 Å². The molecule has 2 aliphatic rings. The quantitative estimate of drug-likeness (QED) is 0.513. The Labute approximate surface area is 128 Å². The topological polar surface area (TPSA) is 9.23 Å². The van der Waals surface area contributed by atoms with E-state index in [1.54, 1.807) is 0 Å². The number of hydrogen-bond donors (Lipinski definition) is 0. The van der Waals surface area contributed by atoms with Gasteiger partial charge in [-0.15, -0.1) is 0 Å². The van der Waals surface area contributed by atoms with Crippen molar-refractivity contribution in [1.82, 2.24) is 0 Å². The summed E-state index contributed by atoms with van der Waals surface area (Å²) < 4.78 is 6.80. The van der Waals surface area contributed by atoms with E-state index in [1.807, 2.05) is 0 Å². The van der Waals surface area contributed by atoms with Gasteiger partial charge in [0.1, 0.15) is 0 Å². The van der Waals surface area contributed by atoms with Crippen LogP contribution in [0.4, 0.5) is 0 Å². The Kier molecular flexibility index (Phi) is 6.60. The van der Waals surface area contributed by atoms with Crippen LogP contribution in [0.5, 0.6) is 0 Å². The molecule has 1 unspecified atom stereocenters. The number of hydrogen-bond acceptors (Lipinski definition) is 1. The summed E-state index contributed by atoms with van der Waals surface area (Å²) in [5.74, 6) is 0. The first-order valence-electron chi connectivity index (χ1n) is 9.39. The van der Waals surface area contributed by atoms with Crippen LogP contribution in [0.15, 0.2) is 0 Å².